The van der Waals surface area contributed by atoms with Gasteiger partial charge in [-0.05, 0) is 6.92 Å². The first-order valence-corrected chi connectivity index (χ1v) is 3.75. The molecule has 0 heterocycles. The zero-order valence-electron chi connectivity index (χ0n) is 6.64. The molecule has 0 aromatic carbocycles. The predicted octanol–water partition coefficient (Wildman–Crippen LogP) is 1.92. The minimum Gasteiger partial charge on any atom is -0.369 e. The molecule has 0 aliphatic carbocycles. The van der Waals surface area contributed by atoms with Gasteiger partial charge in [0.25, 0.3) is 0 Å². The molecule has 0 saturated carbocycles. The van der Waals surface area contributed by atoms with Gasteiger partial charge >= 0.3 is 0 Å². The molecule has 0 spiro atoms. The van der Waals surface area contributed by atoms with E-state index in [0.29, 0.717) is 5.92 Å². The summed E-state index contributed by atoms with van der Waals surface area (Å²) in [5.74, 6) is 0.505. The van der Waals surface area contributed by atoms with E-state index in [0.717, 1.165) is 11.5 Å². The summed E-state index contributed by atoms with van der Waals surface area (Å²) in [5.41, 5.74) is 0. The van der Waals surface area contributed by atoms with Gasteiger partial charge in [-0.3, -0.25) is 0 Å². The van der Waals surface area contributed by atoms with Gasteiger partial charge in [0.15, 0.2) is 0 Å². The molecule has 54 valence electrons. The molecule has 9 heavy (non-hydrogen) atoms. The molecule has 1 nitrogen and oxygen atoms in total. The van der Waals surface area contributed by atoms with Crippen LogP contribution >= 0.6 is 12.2 Å². The molecular formula is C7H15NS. The zero-order chi connectivity index (χ0) is 7.44. The number of rotatable bonds is 2. The first-order chi connectivity index (χ1) is 4.09. The van der Waals surface area contributed by atoms with Crippen molar-refractivity contribution in [3.8, 4) is 0 Å². The molecule has 0 rings (SSSR count). The van der Waals surface area contributed by atoms with Crippen LogP contribution in [0.2, 0.25) is 0 Å². The summed E-state index contributed by atoms with van der Waals surface area (Å²) in [6.45, 7) is 7.36. The molecule has 0 radical (unpaired) electrons. The minimum atomic E-state index is 0.505. The maximum atomic E-state index is 5.13. The van der Waals surface area contributed by atoms with Crippen molar-refractivity contribution in [1.82, 2.24) is 4.90 Å². The van der Waals surface area contributed by atoms with Gasteiger partial charge in [0, 0.05) is 19.5 Å². The lowest BCUT2D eigenvalue weighted by atomic mass is 10.2. The average Bonchev–Trinajstić information content (AvgIpc) is 1.84. The highest BCUT2D eigenvalue weighted by molar-refractivity contribution is 7.80. The Kier molecular flexibility index (Phi) is 3.78. The zero-order valence-corrected chi connectivity index (χ0v) is 7.46. The maximum absolute atomic E-state index is 5.13. The second-order valence-electron chi connectivity index (χ2n) is 2.51. The molecule has 0 aromatic rings. The summed E-state index contributed by atoms with van der Waals surface area (Å²) in [7, 11) is 2.03. The van der Waals surface area contributed by atoms with Crippen molar-refractivity contribution in [3.63, 3.8) is 0 Å². The molecule has 2 heteroatoms. The molecule has 0 saturated heterocycles. The van der Waals surface area contributed by atoms with Gasteiger partial charge in [0.2, 0.25) is 0 Å². The molecule has 0 N–H and O–H groups in total. The first-order valence-electron chi connectivity index (χ1n) is 3.34. The lowest BCUT2D eigenvalue weighted by Crippen LogP contribution is -2.28. The summed E-state index contributed by atoms with van der Waals surface area (Å²) >= 11 is 5.13. The van der Waals surface area contributed by atoms with Crippen LogP contribution in [0, 0.1) is 5.92 Å². The molecule has 0 fully saturated rings. The average molecular weight is 145 g/mol. The van der Waals surface area contributed by atoms with Gasteiger partial charge in [0.05, 0.1) is 4.99 Å². The number of hydrogen-bond acceptors (Lipinski definition) is 1. The van der Waals surface area contributed by atoms with Gasteiger partial charge < -0.3 is 4.90 Å². The largest absolute Gasteiger partial charge is 0.369 e. The van der Waals surface area contributed by atoms with Gasteiger partial charge in [-0.2, -0.15) is 0 Å². The summed E-state index contributed by atoms with van der Waals surface area (Å²) in [5, 5.41) is 0. The van der Waals surface area contributed by atoms with Gasteiger partial charge in [0.1, 0.15) is 0 Å². The Labute approximate surface area is 63.0 Å². The highest BCUT2D eigenvalue weighted by Gasteiger charge is 2.04. The lowest BCUT2D eigenvalue weighted by Gasteiger charge is -2.19. The second kappa shape index (κ2) is 3.83. The monoisotopic (exact) mass is 145 g/mol. The van der Waals surface area contributed by atoms with Crippen molar-refractivity contribution in [2.75, 3.05) is 13.6 Å². The fourth-order valence-electron chi connectivity index (χ4n) is 0.597. The summed E-state index contributed by atoms with van der Waals surface area (Å²) < 4.78 is 0. The smallest absolute Gasteiger partial charge is 0.0802 e. The maximum Gasteiger partial charge on any atom is 0.0802 e. The third-order valence-electron chi connectivity index (χ3n) is 1.34. The third-order valence-corrected chi connectivity index (χ3v) is 2.13. The van der Waals surface area contributed by atoms with E-state index in [2.05, 4.69) is 25.7 Å². The number of nitrogens with zero attached hydrogens (tertiary/aromatic N) is 1. The number of thiocarbonyl (C=S) groups is 1. The first kappa shape index (κ1) is 8.89. The Morgan fingerprint density at radius 3 is 2.11 bits per heavy atom. The molecule has 0 amide bonds. The van der Waals surface area contributed by atoms with Crippen molar-refractivity contribution in [2.24, 2.45) is 5.92 Å². The Balaban J connectivity index is 3.73. The van der Waals surface area contributed by atoms with E-state index in [9.17, 15) is 0 Å². The molecule has 0 aliphatic rings. The third kappa shape index (κ3) is 2.80. The Bertz CT molecular complexity index is 99.1. The van der Waals surface area contributed by atoms with E-state index in [-0.39, 0.29) is 0 Å². The van der Waals surface area contributed by atoms with Crippen LogP contribution in [0.3, 0.4) is 0 Å². The van der Waals surface area contributed by atoms with Crippen LogP contribution in [-0.2, 0) is 0 Å². The van der Waals surface area contributed by atoms with Crippen molar-refractivity contribution < 1.29 is 0 Å². The van der Waals surface area contributed by atoms with Crippen molar-refractivity contribution in [1.29, 1.82) is 0 Å². The molecule has 0 aromatic heterocycles. The Morgan fingerprint density at radius 1 is 1.56 bits per heavy atom. The molecule has 0 atom stereocenters. The van der Waals surface area contributed by atoms with Crippen LogP contribution in [-0.4, -0.2) is 23.5 Å². The highest BCUT2D eigenvalue weighted by Crippen LogP contribution is 2.00. The topological polar surface area (TPSA) is 3.24 Å². The summed E-state index contributed by atoms with van der Waals surface area (Å²) in [6, 6.07) is 0. The molecule has 0 unspecified atom stereocenters. The van der Waals surface area contributed by atoms with Crippen LogP contribution in [0.4, 0.5) is 0 Å². The number of hydrogen-bond donors (Lipinski definition) is 0. The quantitative estimate of drug-likeness (QED) is 0.546. The minimum absolute atomic E-state index is 0.505. The van der Waals surface area contributed by atoms with Gasteiger partial charge in [-0.25, -0.2) is 0 Å². The van der Waals surface area contributed by atoms with Gasteiger partial charge in [-0.1, -0.05) is 26.1 Å². The Morgan fingerprint density at radius 2 is 2.00 bits per heavy atom. The fraction of sp³-hybridized carbons (Fsp3) is 0.857. The summed E-state index contributed by atoms with van der Waals surface area (Å²) in [4.78, 5) is 3.15. The summed E-state index contributed by atoms with van der Waals surface area (Å²) in [6.07, 6.45) is 0. The van der Waals surface area contributed by atoms with E-state index < -0.39 is 0 Å². The van der Waals surface area contributed by atoms with Crippen molar-refractivity contribution in [2.45, 2.75) is 20.8 Å². The van der Waals surface area contributed by atoms with Crippen molar-refractivity contribution in [3.05, 3.63) is 0 Å². The standard InChI is InChI=1S/C7H15NS/c1-5-8(4)7(9)6(2)3/h6H,5H2,1-4H3. The fourth-order valence-corrected chi connectivity index (χ4v) is 0.726. The molecule has 0 aliphatic heterocycles. The second-order valence-corrected chi connectivity index (χ2v) is 2.93. The van der Waals surface area contributed by atoms with E-state index >= 15 is 0 Å². The van der Waals surface area contributed by atoms with Crippen molar-refractivity contribution >= 4 is 17.2 Å². The SMILES string of the molecule is CCN(C)C(=S)C(C)C. The van der Waals surface area contributed by atoms with E-state index in [1.807, 2.05) is 7.05 Å². The lowest BCUT2D eigenvalue weighted by molar-refractivity contribution is 0.516. The van der Waals surface area contributed by atoms with Crippen LogP contribution in [0.1, 0.15) is 20.8 Å². The van der Waals surface area contributed by atoms with Crippen LogP contribution in [0.5, 0.6) is 0 Å². The van der Waals surface area contributed by atoms with Crippen LogP contribution in [0.25, 0.3) is 0 Å². The van der Waals surface area contributed by atoms with Crippen LogP contribution in [0.15, 0.2) is 0 Å². The predicted molar refractivity (Wildman–Crippen MR) is 45.7 cm³/mol. The van der Waals surface area contributed by atoms with Crippen LogP contribution < -0.4 is 0 Å². The van der Waals surface area contributed by atoms with E-state index in [1.165, 1.54) is 0 Å². The van der Waals surface area contributed by atoms with E-state index in [4.69, 9.17) is 12.2 Å². The highest BCUT2D eigenvalue weighted by atomic mass is 32.1. The van der Waals surface area contributed by atoms with Gasteiger partial charge in [-0.15, -0.1) is 0 Å². The Hall–Kier alpha value is -0.110. The van der Waals surface area contributed by atoms with E-state index in [1.54, 1.807) is 0 Å². The normalized spacial score (nSPS) is 9.89. The molecule has 0 bridgehead atoms. The molecular weight excluding hydrogens is 130 g/mol.